The molecule has 3 rings (SSSR count). The van der Waals surface area contributed by atoms with Crippen molar-refractivity contribution in [2.75, 3.05) is 13.7 Å². The largest absolute Gasteiger partial charge is 0.497 e. The molecule has 10 heteroatoms. The molecule has 0 aliphatic heterocycles. The van der Waals surface area contributed by atoms with Crippen LogP contribution < -0.4 is 15.6 Å². The minimum Gasteiger partial charge on any atom is -0.497 e. The predicted octanol–water partition coefficient (Wildman–Crippen LogP) is 0.886. The molecule has 0 fully saturated rings. The fourth-order valence-electron chi connectivity index (χ4n) is 2.49. The molecule has 1 aromatic carbocycles. The van der Waals surface area contributed by atoms with E-state index in [4.69, 9.17) is 14.0 Å². The molecule has 1 amide bonds. The van der Waals surface area contributed by atoms with Crippen molar-refractivity contribution in [2.24, 2.45) is 0 Å². The van der Waals surface area contributed by atoms with Crippen LogP contribution in [0, 0.1) is 0 Å². The van der Waals surface area contributed by atoms with Gasteiger partial charge in [0.05, 0.1) is 13.7 Å². The number of carbonyl (C=O) groups is 2. The van der Waals surface area contributed by atoms with Gasteiger partial charge in [-0.3, -0.25) is 14.2 Å². The van der Waals surface area contributed by atoms with E-state index in [1.54, 1.807) is 26.2 Å². The zero-order valence-corrected chi connectivity index (χ0v) is 15.3. The summed E-state index contributed by atoms with van der Waals surface area (Å²) < 4.78 is 15.9. The third kappa shape index (κ3) is 4.00. The number of rotatable bonds is 7. The van der Waals surface area contributed by atoms with Gasteiger partial charge in [0.25, 0.3) is 11.3 Å². The maximum Gasteiger partial charge on any atom is 0.361 e. The summed E-state index contributed by atoms with van der Waals surface area (Å²) in [7, 11) is 1.57. The van der Waals surface area contributed by atoms with Gasteiger partial charge in [0.1, 0.15) is 24.0 Å². The highest BCUT2D eigenvalue weighted by molar-refractivity contribution is 5.99. The van der Waals surface area contributed by atoms with Crippen molar-refractivity contribution < 1.29 is 23.6 Å². The van der Waals surface area contributed by atoms with E-state index in [-0.39, 0.29) is 36.5 Å². The van der Waals surface area contributed by atoms with Crippen molar-refractivity contribution in [1.29, 1.82) is 0 Å². The van der Waals surface area contributed by atoms with Crippen molar-refractivity contribution in [1.82, 2.24) is 20.0 Å². The van der Waals surface area contributed by atoms with Crippen molar-refractivity contribution in [3.8, 4) is 5.75 Å². The van der Waals surface area contributed by atoms with Crippen LogP contribution in [0.4, 0.5) is 0 Å². The number of nitrogens with zero attached hydrogens (tertiary/aromatic N) is 3. The maximum atomic E-state index is 12.6. The molecule has 0 saturated heterocycles. The van der Waals surface area contributed by atoms with Gasteiger partial charge in [0.15, 0.2) is 0 Å². The smallest absolute Gasteiger partial charge is 0.361 e. The lowest BCUT2D eigenvalue weighted by atomic mass is 10.2. The van der Waals surface area contributed by atoms with Gasteiger partial charge in [-0.1, -0.05) is 17.3 Å². The molecule has 2 aromatic heterocycles. The summed E-state index contributed by atoms with van der Waals surface area (Å²) in [4.78, 5) is 40.7. The zero-order chi connectivity index (χ0) is 20.1. The van der Waals surface area contributed by atoms with E-state index < -0.39 is 17.4 Å². The van der Waals surface area contributed by atoms with E-state index in [0.717, 1.165) is 16.5 Å². The number of aromatic nitrogens is 3. The number of carbonyl (C=O) groups excluding carboxylic acids is 2. The average Bonchev–Trinajstić information content (AvgIpc) is 3.14. The lowest BCUT2D eigenvalue weighted by molar-refractivity contribution is -0.121. The van der Waals surface area contributed by atoms with Crippen LogP contribution in [0.15, 0.2) is 39.9 Å². The predicted molar refractivity (Wildman–Crippen MR) is 96.9 cm³/mol. The molecule has 2 heterocycles. The van der Waals surface area contributed by atoms with E-state index in [1.165, 1.54) is 0 Å². The van der Waals surface area contributed by atoms with Gasteiger partial charge >= 0.3 is 5.97 Å². The number of fused-ring (bicyclic) bond motifs is 1. The molecule has 0 bridgehead atoms. The number of hydrogen-bond donors (Lipinski definition) is 1. The Morgan fingerprint density at radius 3 is 2.68 bits per heavy atom. The summed E-state index contributed by atoms with van der Waals surface area (Å²) in [6.45, 7) is 1.76. The number of amides is 1. The van der Waals surface area contributed by atoms with Gasteiger partial charge in [-0.2, -0.15) is 0 Å². The second-order valence-corrected chi connectivity index (χ2v) is 5.73. The van der Waals surface area contributed by atoms with Gasteiger partial charge in [0.2, 0.25) is 11.6 Å². The van der Waals surface area contributed by atoms with Crippen LogP contribution >= 0.6 is 0 Å². The van der Waals surface area contributed by atoms with E-state index >= 15 is 0 Å². The van der Waals surface area contributed by atoms with E-state index in [1.807, 2.05) is 12.1 Å². The molecule has 3 aromatic rings. The van der Waals surface area contributed by atoms with Crippen LogP contribution in [0.2, 0.25) is 0 Å². The van der Waals surface area contributed by atoms with Crippen molar-refractivity contribution in [3.63, 3.8) is 0 Å². The molecule has 0 aliphatic carbocycles. The first-order chi connectivity index (χ1) is 13.5. The van der Waals surface area contributed by atoms with Gasteiger partial charge in [-0.05, 0) is 24.6 Å². The topological polar surface area (TPSA) is 126 Å². The first-order valence-corrected chi connectivity index (χ1v) is 8.45. The van der Waals surface area contributed by atoms with E-state index in [2.05, 4.69) is 15.5 Å². The Bertz CT molecular complexity index is 1050. The van der Waals surface area contributed by atoms with Crippen molar-refractivity contribution in [2.45, 2.75) is 20.0 Å². The molecule has 1 N–H and O–H groups in total. The fourth-order valence-corrected chi connectivity index (χ4v) is 2.49. The number of nitrogens with one attached hydrogen (secondary N) is 1. The summed E-state index contributed by atoms with van der Waals surface area (Å²) in [5.74, 6) is -0.470. The number of benzene rings is 1. The quantitative estimate of drug-likeness (QED) is 0.593. The average molecular weight is 386 g/mol. The zero-order valence-electron chi connectivity index (χ0n) is 15.3. The molecular weight excluding hydrogens is 368 g/mol. The SMILES string of the molecule is CCOC(=O)c1noc2ncn(CC(=O)NCc3ccc(OC)cc3)c(=O)c12. The Hall–Kier alpha value is -3.69. The lowest BCUT2D eigenvalue weighted by Crippen LogP contribution is -2.32. The van der Waals surface area contributed by atoms with Crippen LogP contribution in [0.5, 0.6) is 5.75 Å². The summed E-state index contributed by atoms with van der Waals surface area (Å²) in [6, 6.07) is 7.21. The van der Waals surface area contributed by atoms with Crippen LogP contribution in [0.1, 0.15) is 23.0 Å². The number of hydrogen-bond acceptors (Lipinski definition) is 8. The van der Waals surface area contributed by atoms with Crippen LogP contribution in [-0.2, 0) is 22.6 Å². The summed E-state index contributed by atoms with van der Waals surface area (Å²) in [5.41, 5.74) is -0.0992. The van der Waals surface area contributed by atoms with Crippen LogP contribution in [-0.4, -0.2) is 40.3 Å². The minimum atomic E-state index is -0.790. The highest BCUT2D eigenvalue weighted by Crippen LogP contribution is 2.13. The van der Waals surface area contributed by atoms with Gasteiger partial charge in [0, 0.05) is 6.54 Å². The Morgan fingerprint density at radius 1 is 1.25 bits per heavy atom. The molecule has 0 unspecified atom stereocenters. The van der Waals surface area contributed by atoms with Gasteiger partial charge in [-0.25, -0.2) is 9.78 Å². The molecule has 0 radical (unpaired) electrons. The summed E-state index contributed by atoms with van der Waals surface area (Å²) in [5, 5.41) is 6.14. The normalized spacial score (nSPS) is 10.6. The highest BCUT2D eigenvalue weighted by Gasteiger charge is 2.22. The molecule has 0 spiro atoms. The summed E-state index contributed by atoms with van der Waals surface area (Å²) in [6.07, 6.45) is 1.16. The first kappa shape index (κ1) is 19.1. The standard InChI is InChI=1S/C18H18N4O6/c1-3-27-18(25)15-14-16(28-21-15)20-10-22(17(14)24)9-13(23)19-8-11-4-6-12(26-2)7-5-11/h4-7,10H,3,8-9H2,1-2H3,(H,19,23). The third-order valence-electron chi connectivity index (χ3n) is 3.89. The second kappa shape index (κ2) is 8.33. The third-order valence-corrected chi connectivity index (χ3v) is 3.89. The molecule has 0 aliphatic rings. The molecule has 0 saturated carbocycles. The van der Waals surface area contributed by atoms with E-state index in [9.17, 15) is 14.4 Å². The number of esters is 1. The number of ether oxygens (including phenoxy) is 2. The maximum absolute atomic E-state index is 12.6. The van der Waals surface area contributed by atoms with Crippen molar-refractivity contribution in [3.05, 3.63) is 52.2 Å². The lowest BCUT2D eigenvalue weighted by Gasteiger charge is -2.08. The van der Waals surface area contributed by atoms with Gasteiger partial charge in [-0.15, -0.1) is 0 Å². The van der Waals surface area contributed by atoms with Gasteiger partial charge < -0.3 is 19.3 Å². The Balaban J connectivity index is 1.73. The second-order valence-electron chi connectivity index (χ2n) is 5.73. The molecule has 28 heavy (non-hydrogen) atoms. The van der Waals surface area contributed by atoms with E-state index in [0.29, 0.717) is 5.75 Å². The highest BCUT2D eigenvalue weighted by atomic mass is 16.5. The molecule has 10 nitrogen and oxygen atoms in total. The minimum absolute atomic E-state index is 0.0945. The van der Waals surface area contributed by atoms with Crippen LogP contribution in [0.25, 0.3) is 11.1 Å². The van der Waals surface area contributed by atoms with Crippen molar-refractivity contribution >= 4 is 23.0 Å². The Labute approximate surface area is 159 Å². The monoisotopic (exact) mass is 386 g/mol. The number of methoxy groups -OCH3 is 1. The Morgan fingerprint density at radius 2 is 2.00 bits per heavy atom. The molecule has 0 atom stereocenters. The van der Waals surface area contributed by atoms with Crippen LogP contribution in [0.3, 0.4) is 0 Å². The molecule has 146 valence electrons. The molecular formula is C18H18N4O6. The summed E-state index contributed by atoms with van der Waals surface area (Å²) >= 11 is 0. The first-order valence-electron chi connectivity index (χ1n) is 8.45. The fraction of sp³-hybridized carbons (Fsp3) is 0.278. The Kier molecular flexibility index (Phi) is 5.68.